The van der Waals surface area contributed by atoms with Gasteiger partial charge in [-0.2, -0.15) is 0 Å². The summed E-state index contributed by atoms with van der Waals surface area (Å²) in [7, 11) is 1.49. The maximum atomic E-state index is 13.0. The largest absolute Gasteiger partial charge is 0.493 e. The second-order valence-corrected chi connectivity index (χ2v) is 7.64. The number of rotatable bonds is 8. The van der Waals surface area contributed by atoms with Gasteiger partial charge in [0.2, 0.25) is 0 Å². The zero-order valence-electron chi connectivity index (χ0n) is 17.4. The van der Waals surface area contributed by atoms with Crippen LogP contribution in [0.25, 0.3) is 0 Å². The van der Waals surface area contributed by atoms with Crippen molar-refractivity contribution in [2.75, 3.05) is 7.11 Å². The zero-order chi connectivity index (χ0) is 22.3. The minimum Gasteiger partial charge on any atom is -0.493 e. The molecule has 7 nitrogen and oxygen atoms in total. The Bertz CT molecular complexity index is 876. The highest BCUT2D eigenvalue weighted by Gasteiger charge is 2.24. The van der Waals surface area contributed by atoms with Gasteiger partial charge in [-0.05, 0) is 56.2 Å². The number of nitrogens with one attached hydrogen (secondary N) is 1. The molecule has 0 aliphatic heterocycles. The van der Waals surface area contributed by atoms with Crippen LogP contribution in [0.1, 0.15) is 31.9 Å². The molecular weight excluding hydrogens is 393 g/mol. The van der Waals surface area contributed by atoms with E-state index < -0.39 is 23.7 Å². The zero-order valence-corrected chi connectivity index (χ0v) is 17.4. The van der Waals surface area contributed by atoms with Gasteiger partial charge in [0.1, 0.15) is 24.1 Å². The molecule has 0 radical (unpaired) electrons. The van der Waals surface area contributed by atoms with E-state index in [0.717, 1.165) is 5.56 Å². The normalized spacial score (nSPS) is 12.0. The molecule has 1 atom stereocenters. The highest BCUT2D eigenvalue weighted by Crippen LogP contribution is 2.29. The van der Waals surface area contributed by atoms with E-state index in [0.29, 0.717) is 17.1 Å². The summed E-state index contributed by atoms with van der Waals surface area (Å²) < 4.78 is 29.2. The number of carbonyl (C=O) groups excluding carboxylic acids is 1. The first-order valence-electron chi connectivity index (χ1n) is 9.34. The van der Waals surface area contributed by atoms with Gasteiger partial charge in [0, 0.05) is 6.42 Å². The molecule has 0 bridgehead atoms. The molecule has 0 saturated heterocycles. The van der Waals surface area contributed by atoms with E-state index in [-0.39, 0.29) is 18.8 Å². The van der Waals surface area contributed by atoms with Crippen molar-refractivity contribution in [3.63, 3.8) is 0 Å². The molecule has 8 heteroatoms. The summed E-state index contributed by atoms with van der Waals surface area (Å²) in [4.78, 5) is 23.5. The highest BCUT2D eigenvalue weighted by molar-refractivity contribution is 5.80. The number of amides is 1. The molecule has 162 valence electrons. The fourth-order valence-electron chi connectivity index (χ4n) is 2.59. The van der Waals surface area contributed by atoms with Gasteiger partial charge >= 0.3 is 12.1 Å². The predicted molar refractivity (Wildman–Crippen MR) is 108 cm³/mol. The van der Waals surface area contributed by atoms with E-state index >= 15 is 0 Å². The van der Waals surface area contributed by atoms with Gasteiger partial charge in [0.25, 0.3) is 0 Å². The van der Waals surface area contributed by atoms with Crippen molar-refractivity contribution in [1.82, 2.24) is 5.32 Å². The van der Waals surface area contributed by atoms with Crippen LogP contribution in [0.15, 0.2) is 42.5 Å². The van der Waals surface area contributed by atoms with Crippen LogP contribution in [-0.2, 0) is 22.6 Å². The Morgan fingerprint density at radius 1 is 1.07 bits per heavy atom. The molecule has 0 fully saturated rings. The van der Waals surface area contributed by atoms with Crippen LogP contribution in [0.4, 0.5) is 9.18 Å². The lowest BCUT2D eigenvalue weighted by Crippen LogP contribution is -2.44. The van der Waals surface area contributed by atoms with Gasteiger partial charge < -0.3 is 24.6 Å². The molecule has 30 heavy (non-hydrogen) atoms. The Labute approximate surface area is 174 Å². The lowest BCUT2D eigenvalue weighted by Gasteiger charge is -2.22. The molecule has 2 aromatic rings. The number of alkyl carbamates (subject to hydrolysis) is 1. The van der Waals surface area contributed by atoms with Gasteiger partial charge in [0.05, 0.1) is 7.11 Å². The number of carboxylic acids is 1. The van der Waals surface area contributed by atoms with Gasteiger partial charge in [-0.25, -0.2) is 14.0 Å². The number of halogens is 1. The maximum Gasteiger partial charge on any atom is 0.408 e. The van der Waals surface area contributed by atoms with E-state index in [4.69, 9.17) is 14.2 Å². The topological polar surface area (TPSA) is 94.1 Å². The van der Waals surface area contributed by atoms with E-state index in [1.807, 2.05) is 0 Å². The summed E-state index contributed by atoms with van der Waals surface area (Å²) in [6.07, 6.45) is -0.790. The fourth-order valence-corrected chi connectivity index (χ4v) is 2.59. The predicted octanol–water partition coefficient (Wildman–Crippen LogP) is 3.93. The molecule has 0 aliphatic carbocycles. The van der Waals surface area contributed by atoms with Crippen LogP contribution in [0.2, 0.25) is 0 Å². The number of aliphatic carboxylic acids is 1. The van der Waals surface area contributed by atoms with Crippen molar-refractivity contribution < 1.29 is 33.3 Å². The first-order valence-corrected chi connectivity index (χ1v) is 9.34. The first-order chi connectivity index (χ1) is 14.1. The smallest absolute Gasteiger partial charge is 0.408 e. The maximum absolute atomic E-state index is 13.0. The van der Waals surface area contributed by atoms with Crippen molar-refractivity contribution in [3.8, 4) is 11.5 Å². The minimum atomic E-state index is -1.19. The van der Waals surface area contributed by atoms with Crippen molar-refractivity contribution in [3.05, 3.63) is 59.4 Å². The molecule has 2 rings (SSSR count). The quantitative estimate of drug-likeness (QED) is 0.673. The molecule has 1 unspecified atom stereocenters. The van der Waals surface area contributed by atoms with Crippen LogP contribution in [-0.4, -0.2) is 35.9 Å². The molecule has 0 aromatic heterocycles. The van der Waals surface area contributed by atoms with Gasteiger partial charge in [0.15, 0.2) is 11.5 Å². The molecule has 0 heterocycles. The van der Waals surface area contributed by atoms with Crippen LogP contribution in [0.3, 0.4) is 0 Å². The van der Waals surface area contributed by atoms with Crippen molar-refractivity contribution in [2.24, 2.45) is 0 Å². The SMILES string of the molecule is COc1ccc(CC(NC(=O)OC(C)(C)C)C(=O)O)cc1OCc1ccc(F)cc1. The summed E-state index contributed by atoms with van der Waals surface area (Å²) in [6.45, 7) is 5.25. The lowest BCUT2D eigenvalue weighted by molar-refractivity contribution is -0.139. The average Bonchev–Trinajstić information content (AvgIpc) is 2.65. The van der Waals surface area contributed by atoms with Gasteiger partial charge in [-0.15, -0.1) is 0 Å². The third kappa shape index (κ3) is 7.27. The number of ether oxygens (including phenoxy) is 3. The van der Waals surface area contributed by atoms with E-state index in [2.05, 4.69) is 5.32 Å². The first kappa shape index (κ1) is 23.0. The monoisotopic (exact) mass is 419 g/mol. The lowest BCUT2D eigenvalue weighted by atomic mass is 10.1. The Hall–Kier alpha value is -3.29. The number of carboxylic acid groups (broad SMARTS) is 1. The highest BCUT2D eigenvalue weighted by atomic mass is 19.1. The summed E-state index contributed by atoms with van der Waals surface area (Å²) in [5, 5.41) is 11.8. The van der Waals surface area contributed by atoms with Crippen molar-refractivity contribution in [1.29, 1.82) is 0 Å². The van der Waals surface area contributed by atoms with E-state index in [1.165, 1.54) is 19.2 Å². The third-order valence-electron chi connectivity index (χ3n) is 3.96. The Morgan fingerprint density at radius 3 is 2.27 bits per heavy atom. The molecular formula is C22H26FNO6. The van der Waals surface area contributed by atoms with Crippen LogP contribution in [0, 0.1) is 5.82 Å². The summed E-state index contributed by atoms with van der Waals surface area (Å²) >= 11 is 0. The standard InChI is InChI=1S/C22H26FNO6/c1-22(2,3)30-21(27)24-17(20(25)26)11-15-7-10-18(28-4)19(12-15)29-13-14-5-8-16(23)9-6-14/h5-10,12,17H,11,13H2,1-4H3,(H,24,27)(H,25,26). The third-order valence-corrected chi connectivity index (χ3v) is 3.96. The van der Waals surface area contributed by atoms with Gasteiger partial charge in [-0.1, -0.05) is 18.2 Å². The molecule has 1 amide bonds. The molecule has 0 spiro atoms. The summed E-state index contributed by atoms with van der Waals surface area (Å²) in [5.41, 5.74) is 0.640. The second-order valence-electron chi connectivity index (χ2n) is 7.64. The summed E-state index contributed by atoms with van der Waals surface area (Å²) in [5.74, 6) is -0.658. The minimum absolute atomic E-state index is 0.0193. The Balaban J connectivity index is 2.11. The van der Waals surface area contributed by atoms with Crippen molar-refractivity contribution >= 4 is 12.1 Å². The fraction of sp³-hybridized carbons (Fsp3) is 0.364. The molecule has 2 aromatic carbocycles. The molecule has 0 saturated carbocycles. The van der Waals surface area contributed by atoms with Gasteiger partial charge in [-0.3, -0.25) is 0 Å². The van der Waals surface area contributed by atoms with E-state index in [1.54, 1.807) is 51.1 Å². The summed E-state index contributed by atoms with van der Waals surface area (Å²) in [6, 6.07) is 9.71. The van der Waals surface area contributed by atoms with Crippen LogP contribution < -0.4 is 14.8 Å². The number of carbonyl (C=O) groups is 2. The Kier molecular flexibility index (Phi) is 7.63. The van der Waals surface area contributed by atoms with Crippen LogP contribution >= 0.6 is 0 Å². The number of hydrogen-bond acceptors (Lipinski definition) is 5. The average molecular weight is 419 g/mol. The number of benzene rings is 2. The Morgan fingerprint density at radius 2 is 1.70 bits per heavy atom. The van der Waals surface area contributed by atoms with E-state index in [9.17, 15) is 19.1 Å². The number of hydrogen-bond donors (Lipinski definition) is 2. The number of methoxy groups -OCH3 is 1. The molecule has 0 aliphatic rings. The second kappa shape index (κ2) is 9.96. The van der Waals surface area contributed by atoms with Crippen molar-refractivity contribution in [2.45, 2.75) is 45.4 Å². The van der Waals surface area contributed by atoms with Crippen LogP contribution in [0.5, 0.6) is 11.5 Å². The molecule has 2 N–H and O–H groups in total.